The van der Waals surface area contributed by atoms with E-state index in [0.717, 1.165) is 10.3 Å². The number of rotatable bonds is 6. The van der Waals surface area contributed by atoms with Gasteiger partial charge in [0.2, 0.25) is 0 Å². The van der Waals surface area contributed by atoms with Gasteiger partial charge in [-0.2, -0.15) is 0 Å². The molecule has 1 saturated heterocycles. The number of aromatic nitrogens is 1. The molecule has 1 amide bonds. The molecular weight excluding hydrogens is 448 g/mol. The van der Waals surface area contributed by atoms with E-state index in [1.54, 1.807) is 40.0 Å². The van der Waals surface area contributed by atoms with Gasteiger partial charge in [0.15, 0.2) is 0 Å². The molecule has 2 aromatic rings. The molecule has 33 heavy (non-hydrogen) atoms. The van der Waals surface area contributed by atoms with Crippen molar-refractivity contribution in [3.63, 3.8) is 0 Å². The molecule has 3 rings (SSSR count). The van der Waals surface area contributed by atoms with Gasteiger partial charge in [-0.25, -0.2) is 9.59 Å². The fourth-order valence-corrected chi connectivity index (χ4v) is 4.57. The fraction of sp³-hybridized carbons (Fsp3) is 0.542. The van der Waals surface area contributed by atoms with Crippen LogP contribution in [-0.4, -0.2) is 57.5 Å². The summed E-state index contributed by atoms with van der Waals surface area (Å²) in [6, 6.07) is 4.56. The number of nitrogens with zero attached hydrogens (tertiary/aromatic N) is 2. The first-order valence-corrected chi connectivity index (χ1v) is 11.4. The topological polar surface area (TPSA) is 109 Å². The predicted octanol–water partition coefficient (Wildman–Crippen LogP) is 4.81. The molecule has 180 valence electrons. The summed E-state index contributed by atoms with van der Waals surface area (Å²) in [7, 11) is 1.57. The number of benzene rings is 1. The van der Waals surface area contributed by atoms with Crippen LogP contribution < -0.4 is 4.74 Å². The monoisotopic (exact) mass is 478 g/mol. The van der Waals surface area contributed by atoms with E-state index in [9.17, 15) is 19.8 Å². The molecule has 0 radical (unpaired) electrons. The molecule has 1 aliphatic rings. The van der Waals surface area contributed by atoms with Crippen LogP contribution in [0.15, 0.2) is 24.4 Å². The zero-order valence-electron chi connectivity index (χ0n) is 19.4. The predicted molar refractivity (Wildman–Crippen MR) is 125 cm³/mol. The molecular formula is C24H31ClN2O6. The number of amides is 1. The normalized spacial score (nSPS) is 19.9. The number of carbonyl (C=O) groups is 2. The third-order valence-electron chi connectivity index (χ3n) is 5.89. The smallest absolute Gasteiger partial charge is 0.408 e. The number of halogens is 1. The number of pyridine rings is 1. The molecule has 3 atom stereocenters. The molecule has 1 unspecified atom stereocenters. The minimum atomic E-state index is -1.13. The number of carboxylic acid groups (broad SMARTS) is 1. The summed E-state index contributed by atoms with van der Waals surface area (Å²) < 4.78 is 10.8. The van der Waals surface area contributed by atoms with Crippen LogP contribution in [0, 0.1) is 5.92 Å². The Kier molecular flexibility index (Phi) is 7.69. The van der Waals surface area contributed by atoms with E-state index < -0.39 is 29.8 Å². The van der Waals surface area contributed by atoms with Gasteiger partial charge >= 0.3 is 12.1 Å². The summed E-state index contributed by atoms with van der Waals surface area (Å²) in [5.74, 6) is 0.167. The van der Waals surface area contributed by atoms with Gasteiger partial charge in [0.25, 0.3) is 0 Å². The van der Waals surface area contributed by atoms with Gasteiger partial charge in [-0.1, -0.05) is 11.6 Å². The highest BCUT2D eigenvalue weighted by molar-refractivity contribution is 6.32. The number of methoxy groups -OCH3 is 1. The van der Waals surface area contributed by atoms with Crippen molar-refractivity contribution >= 4 is 34.6 Å². The highest BCUT2D eigenvalue weighted by Crippen LogP contribution is 2.36. The average molecular weight is 479 g/mol. The summed E-state index contributed by atoms with van der Waals surface area (Å²) >= 11 is 6.40. The Balaban J connectivity index is 1.74. The number of carbonyl (C=O) groups excluding carboxylic acids is 1. The van der Waals surface area contributed by atoms with Crippen molar-refractivity contribution in [2.75, 3.05) is 13.7 Å². The lowest BCUT2D eigenvalue weighted by Gasteiger charge is -2.37. The average Bonchev–Trinajstić information content (AvgIpc) is 2.75. The van der Waals surface area contributed by atoms with Crippen molar-refractivity contribution in [2.24, 2.45) is 5.92 Å². The summed E-state index contributed by atoms with van der Waals surface area (Å²) in [5.41, 5.74) is 0.589. The zero-order valence-corrected chi connectivity index (χ0v) is 20.1. The second kappa shape index (κ2) is 10.1. The minimum absolute atomic E-state index is 0.0641. The number of hydrogen-bond acceptors (Lipinski definition) is 6. The second-order valence-electron chi connectivity index (χ2n) is 9.41. The maximum absolute atomic E-state index is 12.7. The maximum atomic E-state index is 12.7. The molecule has 2 heterocycles. The van der Waals surface area contributed by atoms with Crippen molar-refractivity contribution in [3.8, 4) is 5.75 Å². The number of hydrogen-bond donors (Lipinski definition) is 2. The molecule has 2 N–H and O–H groups in total. The highest BCUT2D eigenvalue weighted by atomic mass is 35.5. The lowest BCUT2D eigenvalue weighted by molar-refractivity contribution is -0.162. The van der Waals surface area contributed by atoms with Gasteiger partial charge in [0.1, 0.15) is 17.4 Å². The number of aliphatic hydroxyl groups is 1. The van der Waals surface area contributed by atoms with E-state index in [1.807, 2.05) is 6.07 Å². The van der Waals surface area contributed by atoms with E-state index >= 15 is 0 Å². The Morgan fingerprint density at radius 2 is 2.06 bits per heavy atom. The van der Waals surface area contributed by atoms with Gasteiger partial charge in [0.05, 0.1) is 23.8 Å². The van der Waals surface area contributed by atoms with Crippen molar-refractivity contribution in [2.45, 2.75) is 64.2 Å². The molecule has 1 aromatic carbocycles. The molecule has 1 fully saturated rings. The number of likely N-dealkylation sites (tertiary alicyclic amines) is 1. The largest absolute Gasteiger partial charge is 0.497 e. The minimum Gasteiger partial charge on any atom is -0.497 e. The second-order valence-corrected chi connectivity index (χ2v) is 9.82. The molecule has 0 spiro atoms. The quantitative estimate of drug-likeness (QED) is 0.573. The van der Waals surface area contributed by atoms with Crippen LogP contribution in [0.3, 0.4) is 0 Å². The summed E-state index contributed by atoms with van der Waals surface area (Å²) in [6.07, 6.45) is 1.54. The maximum Gasteiger partial charge on any atom is 0.408 e. The van der Waals surface area contributed by atoms with Gasteiger partial charge in [0, 0.05) is 23.7 Å². The molecule has 1 aliphatic heterocycles. The van der Waals surface area contributed by atoms with Crippen LogP contribution in [0.2, 0.25) is 5.02 Å². The van der Waals surface area contributed by atoms with Gasteiger partial charge in [-0.15, -0.1) is 0 Å². The van der Waals surface area contributed by atoms with E-state index in [4.69, 9.17) is 21.1 Å². The van der Waals surface area contributed by atoms with Crippen molar-refractivity contribution < 1.29 is 29.3 Å². The van der Waals surface area contributed by atoms with Gasteiger partial charge < -0.3 is 19.7 Å². The highest BCUT2D eigenvalue weighted by Gasteiger charge is 2.38. The Bertz CT molecular complexity index is 1020. The number of fused-ring (bicyclic) bond motifs is 1. The van der Waals surface area contributed by atoms with Crippen LogP contribution in [0.25, 0.3) is 10.9 Å². The molecule has 9 heteroatoms. The first-order chi connectivity index (χ1) is 15.5. The van der Waals surface area contributed by atoms with Crippen LogP contribution >= 0.6 is 11.6 Å². The first-order valence-electron chi connectivity index (χ1n) is 11.0. The third kappa shape index (κ3) is 6.06. The van der Waals surface area contributed by atoms with Crippen molar-refractivity contribution in [1.29, 1.82) is 0 Å². The van der Waals surface area contributed by atoms with Crippen LogP contribution in [-0.2, 0) is 9.53 Å². The number of ether oxygens (including phenoxy) is 2. The molecule has 0 aliphatic carbocycles. The zero-order chi connectivity index (χ0) is 24.3. The van der Waals surface area contributed by atoms with Crippen LogP contribution in [0.1, 0.15) is 58.1 Å². The van der Waals surface area contributed by atoms with E-state index in [0.29, 0.717) is 47.5 Å². The van der Waals surface area contributed by atoms with Crippen LogP contribution in [0.4, 0.5) is 4.79 Å². The fourth-order valence-electron chi connectivity index (χ4n) is 4.29. The number of esters is 1. The Hall–Kier alpha value is -2.58. The van der Waals surface area contributed by atoms with Gasteiger partial charge in [-0.05, 0) is 70.6 Å². The standard InChI is InChI=1S/C24H31ClN2O6/c1-24(2,3)33-22(29)19-11-14(9-10-27(19)23(30)31)5-8-20(28)21-16-12-15(32-4)6-7-18(16)26-13-17(21)25/h6-7,12-14,19-20,28H,5,8-11H2,1-4H3,(H,30,31)/t14?,19-,20+/m0/s1. The van der Waals surface area contributed by atoms with Crippen LogP contribution in [0.5, 0.6) is 5.75 Å². The van der Waals surface area contributed by atoms with E-state index in [-0.39, 0.29) is 12.5 Å². The van der Waals surface area contributed by atoms with E-state index in [1.165, 1.54) is 6.20 Å². The summed E-state index contributed by atoms with van der Waals surface area (Å²) in [5, 5.41) is 21.6. The Morgan fingerprint density at radius 1 is 1.33 bits per heavy atom. The SMILES string of the molecule is COc1ccc2ncc(Cl)c([C@H](O)CCC3CCN(C(=O)O)[C@H](C(=O)OC(C)(C)C)C3)c2c1. The van der Waals surface area contributed by atoms with Crippen molar-refractivity contribution in [3.05, 3.63) is 35.0 Å². The molecule has 8 nitrogen and oxygen atoms in total. The summed E-state index contributed by atoms with van der Waals surface area (Å²) in [6.45, 7) is 5.51. The third-order valence-corrected chi connectivity index (χ3v) is 6.19. The van der Waals surface area contributed by atoms with Gasteiger partial charge in [-0.3, -0.25) is 9.88 Å². The number of aliphatic hydroxyl groups excluding tert-OH is 1. The molecule has 0 bridgehead atoms. The Labute approximate surface area is 198 Å². The lowest BCUT2D eigenvalue weighted by Crippen LogP contribution is -2.51. The number of piperidine rings is 1. The van der Waals surface area contributed by atoms with E-state index in [2.05, 4.69) is 4.98 Å². The molecule has 1 aromatic heterocycles. The molecule has 0 saturated carbocycles. The lowest BCUT2D eigenvalue weighted by atomic mass is 9.85. The first kappa shape index (κ1) is 25.1. The summed E-state index contributed by atoms with van der Waals surface area (Å²) in [4.78, 5) is 29.8. The van der Waals surface area contributed by atoms with Crippen molar-refractivity contribution in [1.82, 2.24) is 9.88 Å². The Morgan fingerprint density at radius 3 is 2.70 bits per heavy atom.